The van der Waals surface area contributed by atoms with E-state index in [1.807, 2.05) is 61.5 Å². The van der Waals surface area contributed by atoms with E-state index in [2.05, 4.69) is 103 Å². The van der Waals surface area contributed by atoms with Crippen molar-refractivity contribution in [1.82, 2.24) is 15.0 Å². The fourth-order valence-electron chi connectivity index (χ4n) is 6.00. The standard InChI is InChI=1S/C23H22.C16H12ClN3/c1-15-9-5-6-10-17(15)19-14-20-18-11-7-8-12-21(18)23(3,4)22(20)13-16(19)2;1-11-6-5-9-13(10-11)15-18-14(19-16(17)20-15)12-7-3-2-4-8-12/h5-14H,1-4H3;2-10H,1H3. The molecule has 0 spiro atoms. The lowest BCUT2D eigenvalue weighted by molar-refractivity contribution is 0.660. The molecule has 0 aliphatic heterocycles. The van der Waals surface area contributed by atoms with Crippen molar-refractivity contribution in [3.8, 4) is 45.0 Å². The Bertz CT molecular complexity index is 1940. The number of hydrogen-bond donors (Lipinski definition) is 0. The topological polar surface area (TPSA) is 38.7 Å². The lowest BCUT2D eigenvalue weighted by Crippen LogP contribution is -2.15. The van der Waals surface area contributed by atoms with Gasteiger partial charge < -0.3 is 0 Å². The Kier molecular flexibility index (Phi) is 7.68. The molecule has 6 aromatic rings. The van der Waals surface area contributed by atoms with Gasteiger partial charge in [-0.15, -0.1) is 0 Å². The average molecular weight is 580 g/mol. The van der Waals surface area contributed by atoms with Crippen LogP contribution in [0.1, 0.15) is 41.7 Å². The fourth-order valence-corrected chi connectivity index (χ4v) is 6.16. The van der Waals surface area contributed by atoms with Crippen LogP contribution in [-0.2, 0) is 5.41 Å². The Morgan fingerprint density at radius 1 is 0.488 bits per heavy atom. The van der Waals surface area contributed by atoms with Gasteiger partial charge in [0.1, 0.15) is 0 Å². The second kappa shape index (κ2) is 11.6. The second-order valence-corrected chi connectivity index (χ2v) is 12.0. The molecule has 0 N–H and O–H groups in total. The summed E-state index contributed by atoms with van der Waals surface area (Å²) in [7, 11) is 0. The molecule has 0 unspecified atom stereocenters. The highest BCUT2D eigenvalue weighted by atomic mass is 35.5. The number of halogens is 1. The molecular weight excluding hydrogens is 546 g/mol. The maximum absolute atomic E-state index is 6.03. The van der Waals surface area contributed by atoms with E-state index in [1.54, 1.807) is 0 Å². The first-order valence-corrected chi connectivity index (χ1v) is 15.0. The van der Waals surface area contributed by atoms with Crippen LogP contribution >= 0.6 is 11.6 Å². The van der Waals surface area contributed by atoms with Crippen LogP contribution in [0.25, 0.3) is 45.0 Å². The zero-order valence-corrected chi connectivity index (χ0v) is 25.9. The van der Waals surface area contributed by atoms with Crippen molar-refractivity contribution in [3.63, 3.8) is 0 Å². The molecule has 3 nitrogen and oxygen atoms in total. The van der Waals surface area contributed by atoms with Crippen molar-refractivity contribution in [2.75, 3.05) is 0 Å². The normalized spacial score (nSPS) is 12.6. The van der Waals surface area contributed by atoms with Crippen molar-refractivity contribution >= 4 is 11.6 Å². The van der Waals surface area contributed by atoms with E-state index < -0.39 is 0 Å². The summed E-state index contributed by atoms with van der Waals surface area (Å²) in [5.41, 5.74) is 14.2. The minimum atomic E-state index is 0.0843. The van der Waals surface area contributed by atoms with Crippen LogP contribution in [0.4, 0.5) is 0 Å². The summed E-state index contributed by atoms with van der Waals surface area (Å²) in [6.07, 6.45) is 0. The number of hydrogen-bond acceptors (Lipinski definition) is 3. The highest BCUT2D eigenvalue weighted by Gasteiger charge is 2.35. The van der Waals surface area contributed by atoms with Gasteiger partial charge in [-0.1, -0.05) is 123 Å². The third-order valence-corrected chi connectivity index (χ3v) is 8.45. The quantitative estimate of drug-likeness (QED) is 0.209. The third kappa shape index (κ3) is 5.61. The van der Waals surface area contributed by atoms with Crippen molar-refractivity contribution in [3.05, 3.63) is 148 Å². The first-order valence-electron chi connectivity index (χ1n) is 14.6. The number of benzene rings is 5. The predicted molar refractivity (Wildman–Crippen MR) is 179 cm³/mol. The summed E-state index contributed by atoms with van der Waals surface area (Å²) in [5.74, 6) is 1.18. The highest BCUT2D eigenvalue weighted by Crippen LogP contribution is 2.50. The molecule has 0 saturated heterocycles. The molecule has 43 heavy (non-hydrogen) atoms. The third-order valence-electron chi connectivity index (χ3n) is 8.28. The lowest BCUT2D eigenvalue weighted by Gasteiger charge is -2.22. The number of aryl methyl sites for hydroxylation is 3. The van der Waals surface area contributed by atoms with Crippen molar-refractivity contribution < 1.29 is 0 Å². The van der Waals surface area contributed by atoms with Crippen molar-refractivity contribution in [1.29, 1.82) is 0 Å². The zero-order chi connectivity index (χ0) is 30.1. The summed E-state index contributed by atoms with van der Waals surface area (Å²) >= 11 is 6.03. The second-order valence-electron chi connectivity index (χ2n) is 11.7. The number of fused-ring (bicyclic) bond motifs is 3. The maximum atomic E-state index is 6.03. The van der Waals surface area contributed by atoms with E-state index in [0.29, 0.717) is 11.6 Å². The Hall–Kier alpha value is -4.60. The smallest absolute Gasteiger partial charge is 0.208 e. The van der Waals surface area contributed by atoms with E-state index in [1.165, 1.54) is 44.5 Å². The SMILES string of the molecule is Cc1cccc(-c2nc(Cl)nc(-c3ccccc3)n2)c1.Cc1ccccc1-c1cc2c(cc1C)C(C)(C)c1ccccc1-2. The van der Waals surface area contributed by atoms with Gasteiger partial charge in [0.25, 0.3) is 0 Å². The fraction of sp³-hybridized carbons (Fsp3) is 0.154. The van der Waals surface area contributed by atoms with Gasteiger partial charge >= 0.3 is 0 Å². The van der Waals surface area contributed by atoms with E-state index >= 15 is 0 Å². The van der Waals surface area contributed by atoms with Crippen molar-refractivity contribution in [2.45, 2.75) is 40.0 Å². The molecule has 0 bridgehead atoms. The molecule has 1 aliphatic carbocycles. The molecule has 0 amide bonds. The molecule has 0 atom stereocenters. The van der Waals surface area contributed by atoms with Gasteiger partial charge in [0.05, 0.1) is 0 Å². The van der Waals surface area contributed by atoms with Gasteiger partial charge in [-0.2, -0.15) is 9.97 Å². The Morgan fingerprint density at radius 3 is 1.84 bits per heavy atom. The summed E-state index contributed by atoms with van der Waals surface area (Å²) in [6, 6.07) is 40.1. The van der Waals surface area contributed by atoms with Gasteiger partial charge in [-0.25, -0.2) is 4.98 Å². The van der Waals surface area contributed by atoms with E-state index in [0.717, 1.165) is 16.7 Å². The summed E-state index contributed by atoms with van der Waals surface area (Å²) in [6.45, 7) is 11.1. The van der Waals surface area contributed by atoms with Crippen LogP contribution in [0.3, 0.4) is 0 Å². The average Bonchev–Trinajstić information content (AvgIpc) is 3.23. The maximum Gasteiger partial charge on any atom is 0.226 e. The largest absolute Gasteiger partial charge is 0.226 e. The van der Waals surface area contributed by atoms with Gasteiger partial charge in [0, 0.05) is 16.5 Å². The first-order chi connectivity index (χ1) is 20.7. The minimum absolute atomic E-state index is 0.0843. The van der Waals surface area contributed by atoms with Crippen LogP contribution in [0.15, 0.2) is 115 Å². The van der Waals surface area contributed by atoms with Gasteiger partial charge in [-0.3, -0.25) is 0 Å². The van der Waals surface area contributed by atoms with Gasteiger partial charge in [0.15, 0.2) is 11.6 Å². The molecule has 4 heteroatoms. The molecule has 5 aromatic carbocycles. The Morgan fingerprint density at radius 2 is 1.12 bits per heavy atom. The molecule has 0 radical (unpaired) electrons. The number of rotatable bonds is 3. The Labute approximate surface area is 259 Å². The van der Waals surface area contributed by atoms with E-state index in [4.69, 9.17) is 11.6 Å². The minimum Gasteiger partial charge on any atom is -0.208 e. The van der Waals surface area contributed by atoms with Crippen LogP contribution in [0, 0.1) is 20.8 Å². The molecule has 1 aromatic heterocycles. The van der Waals surface area contributed by atoms with E-state index in [9.17, 15) is 0 Å². The number of aromatic nitrogens is 3. The van der Waals surface area contributed by atoms with Crippen LogP contribution < -0.4 is 0 Å². The molecule has 0 saturated carbocycles. The lowest BCUT2D eigenvalue weighted by atomic mass is 9.81. The monoisotopic (exact) mass is 579 g/mol. The molecule has 1 aliphatic rings. The zero-order valence-electron chi connectivity index (χ0n) is 25.2. The summed E-state index contributed by atoms with van der Waals surface area (Å²) in [5, 5.41) is 0.204. The first kappa shape index (κ1) is 28.5. The predicted octanol–water partition coefficient (Wildman–Crippen LogP) is 10.4. The molecule has 1 heterocycles. The van der Waals surface area contributed by atoms with Crippen LogP contribution in [0.5, 0.6) is 0 Å². The molecule has 212 valence electrons. The van der Waals surface area contributed by atoms with Crippen LogP contribution in [0.2, 0.25) is 5.28 Å². The summed E-state index contributed by atoms with van der Waals surface area (Å²) < 4.78 is 0. The highest BCUT2D eigenvalue weighted by molar-refractivity contribution is 6.28. The molecule has 0 fully saturated rings. The van der Waals surface area contributed by atoms with Crippen LogP contribution in [-0.4, -0.2) is 15.0 Å². The summed E-state index contributed by atoms with van der Waals surface area (Å²) in [4.78, 5) is 12.9. The van der Waals surface area contributed by atoms with Gasteiger partial charge in [-0.05, 0) is 89.0 Å². The molecular formula is C39H34ClN3. The number of nitrogens with zero attached hydrogens (tertiary/aromatic N) is 3. The van der Waals surface area contributed by atoms with Gasteiger partial charge in [0.2, 0.25) is 5.28 Å². The van der Waals surface area contributed by atoms with Crippen molar-refractivity contribution in [2.24, 2.45) is 0 Å². The molecule has 7 rings (SSSR count). The Balaban J connectivity index is 0.000000155. The van der Waals surface area contributed by atoms with E-state index in [-0.39, 0.29) is 10.7 Å².